The molecule has 17 heavy (non-hydrogen) atoms. The largest absolute Gasteiger partial charge is 0.506 e. The van der Waals surface area contributed by atoms with E-state index in [0.29, 0.717) is 5.69 Å². The van der Waals surface area contributed by atoms with Gasteiger partial charge in [-0.1, -0.05) is 38.8 Å². The summed E-state index contributed by atoms with van der Waals surface area (Å²) in [5, 5.41) is 12.4. The molecule has 1 atom stereocenters. The molecule has 0 bridgehead atoms. The number of amides is 1. The lowest BCUT2D eigenvalue weighted by atomic mass is 9.98. The van der Waals surface area contributed by atoms with E-state index in [-0.39, 0.29) is 17.6 Å². The van der Waals surface area contributed by atoms with Crippen LogP contribution in [-0.4, -0.2) is 11.0 Å². The van der Waals surface area contributed by atoms with Gasteiger partial charge in [-0.3, -0.25) is 4.79 Å². The van der Waals surface area contributed by atoms with Gasteiger partial charge in [0.05, 0.1) is 5.69 Å². The van der Waals surface area contributed by atoms with Crippen LogP contribution in [0.5, 0.6) is 5.75 Å². The van der Waals surface area contributed by atoms with E-state index < -0.39 is 0 Å². The van der Waals surface area contributed by atoms with Crippen molar-refractivity contribution < 1.29 is 9.90 Å². The molecule has 2 N–H and O–H groups in total. The van der Waals surface area contributed by atoms with Crippen LogP contribution in [0.15, 0.2) is 24.3 Å². The highest BCUT2D eigenvalue weighted by atomic mass is 16.3. The van der Waals surface area contributed by atoms with Gasteiger partial charge in [0.2, 0.25) is 5.91 Å². The van der Waals surface area contributed by atoms with Gasteiger partial charge in [0.25, 0.3) is 0 Å². The van der Waals surface area contributed by atoms with Gasteiger partial charge in [0.15, 0.2) is 0 Å². The van der Waals surface area contributed by atoms with Crippen LogP contribution in [-0.2, 0) is 4.79 Å². The molecule has 1 amide bonds. The van der Waals surface area contributed by atoms with Gasteiger partial charge < -0.3 is 10.4 Å². The SMILES string of the molecule is CCCC[C@@H](CC)C(=O)Nc1ccccc1O. The normalized spacial score (nSPS) is 12.1. The van der Waals surface area contributed by atoms with E-state index in [2.05, 4.69) is 12.2 Å². The van der Waals surface area contributed by atoms with Crippen molar-refractivity contribution in [3.8, 4) is 5.75 Å². The summed E-state index contributed by atoms with van der Waals surface area (Å²) in [7, 11) is 0. The average Bonchev–Trinajstić information content (AvgIpc) is 2.33. The molecule has 0 aliphatic rings. The Bertz CT molecular complexity index is 363. The lowest BCUT2D eigenvalue weighted by Crippen LogP contribution is -2.22. The second-order valence-corrected chi connectivity index (χ2v) is 4.25. The first kappa shape index (κ1) is 13.6. The summed E-state index contributed by atoms with van der Waals surface area (Å²) in [6.45, 7) is 4.14. The number of nitrogens with one attached hydrogen (secondary N) is 1. The number of carbonyl (C=O) groups is 1. The number of aromatic hydroxyl groups is 1. The van der Waals surface area contributed by atoms with Gasteiger partial charge >= 0.3 is 0 Å². The fraction of sp³-hybridized carbons (Fsp3) is 0.500. The molecule has 1 aromatic rings. The number of hydrogen-bond acceptors (Lipinski definition) is 2. The molecule has 1 rings (SSSR count). The quantitative estimate of drug-likeness (QED) is 0.741. The van der Waals surface area contributed by atoms with Crippen molar-refractivity contribution in [2.45, 2.75) is 39.5 Å². The van der Waals surface area contributed by atoms with Crippen LogP contribution in [0.1, 0.15) is 39.5 Å². The molecule has 0 spiro atoms. The summed E-state index contributed by atoms with van der Waals surface area (Å²) in [6.07, 6.45) is 3.90. The zero-order valence-electron chi connectivity index (χ0n) is 10.6. The molecular weight excluding hydrogens is 214 g/mol. The van der Waals surface area contributed by atoms with Crippen molar-refractivity contribution in [1.82, 2.24) is 0 Å². The van der Waals surface area contributed by atoms with Crippen molar-refractivity contribution in [2.24, 2.45) is 5.92 Å². The van der Waals surface area contributed by atoms with Crippen LogP contribution in [0, 0.1) is 5.92 Å². The van der Waals surface area contributed by atoms with Gasteiger partial charge in [-0.25, -0.2) is 0 Å². The third-order valence-electron chi connectivity index (χ3n) is 2.93. The number of benzene rings is 1. The number of hydrogen-bond donors (Lipinski definition) is 2. The fourth-order valence-corrected chi connectivity index (χ4v) is 1.79. The number of phenolic OH excluding ortho intramolecular Hbond substituents is 1. The van der Waals surface area contributed by atoms with Gasteiger partial charge in [-0.05, 0) is 25.0 Å². The Morgan fingerprint density at radius 2 is 2.06 bits per heavy atom. The van der Waals surface area contributed by atoms with Crippen molar-refractivity contribution in [2.75, 3.05) is 5.32 Å². The first-order chi connectivity index (χ1) is 8.19. The summed E-state index contributed by atoms with van der Waals surface area (Å²) in [5.41, 5.74) is 0.493. The van der Waals surface area contributed by atoms with Crippen LogP contribution in [0.4, 0.5) is 5.69 Å². The second-order valence-electron chi connectivity index (χ2n) is 4.25. The molecule has 0 radical (unpaired) electrons. The molecule has 0 aliphatic carbocycles. The van der Waals surface area contributed by atoms with E-state index in [1.807, 2.05) is 6.92 Å². The molecule has 0 aliphatic heterocycles. The number of carbonyl (C=O) groups excluding carboxylic acids is 1. The van der Waals surface area contributed by atoms with Gasteiger partial charge in [0, 0.05) is 5.92 Å². The number of rotatable bonds is 6. The molecule has 1 aromatic carbocycles. The maximum Gasteiger partial charge on any atom is 0.227 e. The minimum Gasteiger partial charge on any atom is -0.506 e. The Balaban J connectivity index is 2.61. The first-order valence-corrected chi connectivity index (χ1v) is 6.27. The van der Waals surface area contributed by atoms with Crippen LogP contribution < -0.4 is 5.32 Å². The van der Waals surface area contributed by atoms with Crippen molar-refractivity contribution >= 4 is 11.6 Å². The number of phenols is 1. The Morgan fingerprint density at radius 3 is 2.65 bits per heavy atom. The molecule has 0 heterocycles. The van der Waals surface area contributed by atoms with E-state index >= 15 is 0 Å². The zero-order valence-corrected chi connectivity index (χ0v) is 10.6. The third kappa shape index (κ3) is 4.10. The monoisotopic (exact) mass is 235 g/mol. The van der Waals surface area contributed by atoms with E-state index in [4.69, 9.17) is 0 Å². The van der Waals surface area contributed by atoms with Crippen LogP contribution in [0.2, 0.25) is 0 Å². The molecule has 94 valence electrons. The maximum absolute atomic E-state index is 12.0. The molecule has 0 unspecified atom stereocenters. The Hall–Kier alpha value is -1.51. The van der Waals surface area contributed by atoms with E-state index in [9.17, 15) is 9.90 Å². The Morgan fingerprint density at radius 1 is 1.35 bits per heavy atom. The average molecular weight is 235 g/mol. The predicted molar refractivity (Wildman–Crippen MR) is 70.0 cm³/mol. The van der Waals surface area contributed by atoms with Crippen molar-refractivity contribution in [3.63, 3.8) is 0 Å². The highest BCUT2D eigenvalue weighted by molar-refractivity contribution is 5.93. The highest BCUT2D eigenvalue weighted by Gasteiger charge is 2.16. The third-order valence-corrected chi connectivity index (χ3v) is 2.93. The molecule has 3 nitrogen and oxygen atoms in total. The van der Waals surface area contributed by atoms with E-state index in [1.165, 1.54) is 0 Å². The molecule has 0 saturated carbocycles. The summed E-state index contributed by atoms with van der Waals surface area (Å²) < 4.78 is 0. The second kappa shape index (κ2) is 6.94. The summed E-state index contributed by atoms with van der Waals surface area (Å²) in [6, 6.07) is 6.81. The number of anilines is 1. The minimum absolute atomic E-state index is 0.00227. The topological polar surface area (TPSA) is 49.3 Å². The van der Waals surface area contributed by atoms with Gasteiger partial charge in [0.1, 0.15) is 5.75 Å². The highest BCUT2D eigenvalue weighted by Crippen LogP contribution is 2.23. The molecule has 0 saturated heterocycles. The Kier molecular flexibility index (Phi) is 5.53. The van der Waals surface area contributed by atoms with Crippen LogP contribution >= 0.6 is 0 Å². The smallest absolute Gasteiger partial charge is 0.227 e. The fourth-order valence-electron chi connectivity index (χ4n) is 1.79. The van der Waals surface area contributed by atoms with E-state index in [0.717, 1.165) is 25.7 Å². The summed E-state index contributed by atoms with van der Waals surface area (Å²) in [4.78, 5) is 12.0. The first-order valence-electron chi connectivity index (χ1n) is 6.27. The van der Waals surface area contributed by atoms with Gasteiger partial charge in [-0.15, -0.1) is 0 Å². The maximum atomic E-state index is 12.0. The van der Waals surface area contributed by atoms with E-state index in [1.54, 1.807) is 24.3 Å². The summed E-state index contributed by atoms with van der Waals surface area (Å²) >= 11 is 0. The van der Waals surface area contributed by atoms with Crippen LogP contribution in [0.3, 0.4) is 0 Å². The Labute approximate surface area is 103 Å². The zero-order chi connectivity index (χ0) is 12.7. The predicted octanol–water partition coefficient (Wildman–Crippen LogP) is 3.55. The van der Waals surface area contributed by atoms with Crippen LogP contribution in [0.25, 0.3) is 0 Å². The summed E-state index contributed by atoms with van der Waals surface area (Å²) in [5.74, 6) is 0.156. The number of para-hydroxylation sites is 2. The molecule has 0 aromatic heterocycles. The number of unbranched alkanes of at least 4 members (excludes halogenated alkanes) is 1. The molecule has 0 fully saturated rings. The molecular formula is C14H21NO2. The van der Waals surface area contributed by atoms with Crippen molar-refractivity contribution in [3.05, 3.63) is 24.3 Å². The lowest BCUT2D eigenvalue weighted by molar-refractivity contribution is -0.120. The minimum atomic E-state index is 0.00227. The van der Waals surface area contributed by atoms with Gasteiger partial charge in [-0.2, -0.15) is 0 Å². The standard InChI is InChI=1S/C14H21NO2/c1-3-5-8-11(4-2)14(17)15-12-9-6-7-10-13(12)16/h6-7,9-11,16H,3-5,8H2,1-2H3,(H,15,17)/t11-/m1/s1. The lowest BCUT2D eigenvalue weighted by Gasteiger charge is -2.15. The van der Waals surface area contributed by atoms with Crippen molar-refractivity contribution in [1.29, 1.82) is 0 Å². The molecule has 3 heteroatoms.